The summed E-state index contributed by atoms with van der Waals surface area (Å²) in [6.45, 7) is 14.4. The number of carbonyl (C=O) groups excluding carboxylic acids is 11. The number of carbonyl (C=O) groups is 11. The molecule has 1 heterocycles. The Hall–Kier alpha value is -12.3. The lowest BCUT2D eigenvalue weighted by Crippen LogP contribution is -2.60. The number of nitrogens with two attached hydrogens (primary N) is 1. The van der Waals surface area contributed by atoms with E-state index in [1.807, 2.05) is 135 Å². The number of amides is 12. The monoisotopic (exact) mass is 1750 g/mol. The van der Waals surface area contributed by atoms with E-state index >= 15 is 9.59 Å². The molecule has 28 heteroatoms. The molecule has 8 atom stereocenters. The number of benzene rings is 7. The second-order valence-electron chi connectivity index (χ2n) is 35.4. The van der Waals surface area contributed by atoms with Gasteiger partial charge in [0.2, 0.25) is 47.3 Å². The molecule has 12 amide bonds. The highest BCUT2D eigenvalue weighted by molar-refractivity contribution is 6.02. The van der Waals surface area contributed by atoms with Gasteiger partial charge in [-0.3, -0.25) is 49.0 Å². The van der Waals surface area contributed by atoms with Gasteiger partial charge in [0.25, 0.3) is 0 Å². The Labute approximate surface area is 747 Å². The molecule has 2 saturated carbocycles. The minimum absolute atomic E-state index is 0.0270. The molecule has 128 heavy (non-hydrogen) atoms. The Bertz CT molecular complexity index is 5250. The number of nitrogens with one attached hydrogen (secondary N) is 9. The average Bonchev–Trinajstić information content (AvgIpc) is 0.907. The van der Waals surface area contributed by atoms with Crippen molar-refractivity contribution in [3.63, 3.8) is 0 Å². The van der Waals surface area contributed by atoms with Crippen molar-refractivity contribution < 1.29 is 81.2 Å². The first-order valence-corrected chi connectivity index (χ1v) is 44.8. The van der Waals surface area contributed by atoms with Gasteiger partial charge >= 0.3 is 18.2 Å². The molecule has 1 aliphatic heterocycles. The molecule has 0 spiro atoms. The number of alkyl carbamates (subject to hydrolysis) is 1. The first kappa shape index (κ1) is 93.4. The fraction of sp³-hybridized carbons (Fsp3) is 0.450. The molecular weight excluding hydrogens is 1630 g/mol. The van der Waals surface area contributed by atoms with Gasteiger partial charge in [-0.2, -0.15) is 0 Å². The number of rotatable bonds is 38. The first-order chi connectivity index (χ1) is 61.7. The molecule has 7 aromatic rings. The van der Waals surface area contributed by atoms with Gasteiger partial charge in [-0.25, -0.2) is 14.4 Å². The number of ether oxygens (including phenoxy) is 6. The smallest absolute Gasteiger partial charge is 0.411 e. The van der Waals surface area contributed by atoms with E-state index in [-0.39, 0.29) is 145 Å². The van der Waals surface area contributed by atoms with E-state index in [2.05, 4.69) is 85.7 Å². The van der Waals surface area contributed by atoms with Crippen LogP contribution in [0.5, 0.6) is 0 Å². The SMILES string of the molecule is CC(C)[C@H](NC(=O)CCOCCOCCOCCOCCNC(=O)CCC(=O)N1Cc2ccccc2C#Cc2ccccc21)C(=O)N[C@@H](CCCNC(N)=O)C(=O)Nc1ccc(COC(=O)Nc2ccc3c(c2)[C@@]2(C)CCC[C@](C)(C(=O)NC(=O)[C@@]4(C)CCC[C@]5(C)c6cc(NC(=O)CNC(=O)OCC7c8ccccc8-c8ccccc87)ccc6CC[C@@H]45)C2CC3)cc1. The van der Waals surface area contributed by atoms with Crippen molar-refractivity contribution in [2.75, 3.05) is 99.9 Å². The molecule has 7 aromatic carbocycles. The average molecular weight is 1750 g/mol. The predicted octanol–water partition coefficient (Wildman–Crippen LogP) is 12.6. The molecule has 0 radical (unpaired) electrons. The van der Waals surface area contributed by atoms with Crippen LogP contribution >= 0.6 is 0 Å². The summed E-state index contributed by atoms with van der Waals surface area (Å²) >= 11 is 0. The van der Waals surface area contributed by atoms with Crippen molar-refractivity contribution in [2.45, 2.75) is 180 Å². The third-order valence-electron chi connectivity index (χ3n) is 26.6. The van der Waals surface area contributed by atoms with E-state index < -0.39 is 75.6 Å². The van der Waals surface area contributed by atoms with Crippen molar-refractivity contribution in [3.8, 4) is 23.0 Å². The number of primary amides is 1. The maximum atomic E-state index is 15.1. The van der Waals surface area contributed by atoms with Crippen LogP contribution in [-0.2, 0) is 104 Å². The first-order valence-electron chi connectivity index (χ1n) is 44.8. The van der Waals surface area contributed by atoms with Crippen molar-refractivity contribution in [1.82, 2.24) is 31.9 Å². The van der Waals surface area contributed by atoms with Crippen molar-refractivity contribution in [3.05, 3.63) is 213 Å². The molecule has 2 fully saturated rings. The van der Waals surface area contributed by atoms with Crippen LogP contribution in [-0.4, -0.2) is 157 Å². The Morgan fingerprint density at radius 2 is 1.05 bits per heavy atom. The highest BCUT2D eigenvalue weighted by atomic mass is 16.6. The number of imide groups is 1. The standard InChI is InChI=1S/C100H119N11O17/c1-64(2)89(109-86(113)43-50-123-52-54-125-56-57-126-55-53-124-51-49-102-85(112)41-42-88(115)111-61-70-20-8-7-18-66(70)29-30-69-19-9-14-26-82(69)111)91(117)108-81(25-15-48-103-94(101)120)90(116)106-71-35-27-65(28-36-71)62-127-96(122)107-73-38-32-68-34-40-84-98(4,80(68)59-73)45-17-47-100(84,6)93(119)110-92(118)99(5)46-16-44-97(3)79-58-72(37-31-67(79)33-39-83(97)99)105-87(114)60-104-95(121)128-63-78-76-23-12-10-21-74(76)75-22-11-13-24-77(75)78/h7-14,18-24,26-28,31-32,35-38,58-59,64,78,81,83-84,89H,15-17,25,33-34,39-57,60-63H2,1-6H3,(H,102,112)(H,104,121)(H,105,114)(H,106,116)(H,107,122)(H,108,117)(H,109,113)(H3,101,103,120)(H,110,118,119)/t81-,83+,84?,89-,97+,98+,99-,100-/m0/s1. The largest absolute Gasteiger partial charge is 0.449 e. The Balaban J connectivity index is 0.507. The van der Waals surface area contributed by atoms with E-state index in [1.165, 1.54) is 0 Å². The van der Waals surface area contributed by atoms with Crippen LogP contribution in [0.3, 0.4) is 0 Å². The molecule has 0 aromatic heterocycles. The third kappa shape index (κ3) is 22.8. The van der Waals surface area contributed by atoms with E-state index in [0.717, 1.165) is 106 Å². The Morgan fingerprint density at radius 3 is 1.67 bits per heavy atom. The molecule has 11 N–H and O–H groups in total. The Kier molecular flexibility index (Phi) is 31.4. The van der Waals surface area contributed by atoms with Crippen LogP contribution in [0.25, 0.3) is 11.1 Å². The summed E-state index contributed by atoms with van der Waals surface area (Å²) in [7, 11) is 0. The van der Waals surface area contributed by atoms with E-state index in [1.54, 1.807) is 43.0 Å². The van der Waals surface area contributed by atoms with E-state index in [0.29, 0.717) is 73.9 Å². The predicted molar refractivity (Wildman–Crippen MR) is 485 cm³/mol. The molecule has 676 valence electrons. The van der Waals surface area contributed by atoms with Crippen molar-refractivity contribution in [2.24, 2.45) is 34.3 Å². The van der Waals surface area contributed by atoms with Gasteiger partial charge in [0.05, 0.1) is 75.9 Å². The fourth-order valence-corrected chi connectivity index (χ4v) is 19.9. The second-order valence-corrected chi connectivity index (χ2v) is 35.4. The third-order valence-corrected chi connectivity index (χ3v) is 26.6. The summed E-state index contributed by atoms with van der Waals surface area (Å²) in [6, 6.07) is 47.0. The van der Waals surface area contributed by atoms with Crippen molar-refractivity contribution >= 4 is 88.2 Å². The summed E-state index contributed by atoms with van der Waals surface area (Å²) in [5, 5.41) is 25.3. The van der Waals surface area contributed by atoms with Crippen LogP contribution in [0.1, 0.15) is 187 Å². The van der Waals surface area contributed by atoms with Crippen LogP contribution in [0.4, 0.5) is 37.1 Å². The zero-order chi connectivity index (χ0) is 90.5. The number of fused-ring (bicyclic) bond motifs is 11. The number of hydrogen-bond acceptors (Lipinski definition) is 17. The molecule has 28 nitrogen and oxygen atoms in total. The minimum Gasteiger partial charge on any atom is -0.449 e. The van der Waals surface area contributed by atoms with Crippen LogP contribution in [0.15, 0.2) is 158 Å². The number of urea groups is 1. The number of anilines is 4. The molecule has 5 aliphatic carbocycles. The normalized spacial score (nSPS) is 20.1. The van der Waals surface area contributed by atoms with Gasteiger partial charge in [0, 0.05) is 66.5 Å². The van der Waals surface area contributed by atoms with Gasteiger partial charge in [-0.05, 0) is 203 Å². The number of hydrogen-bond donors (Lipinski definition) is 10. The second kappa shape index (κ2) is 43.0. The molecule has 13 rings (SSSR count). The fourth-order valence-electron chi connectivity index (χ4n) is 19.9. The summed E-state index contributed by atoms with van der Waals surface area (Å²) in [5.74, 6) is 2.69. The zero-order valence-electron chi connectivity index (χ0n) is 73.9. The zero-order valence-corrected chi connectivity index (χ0v) is 73.9. The van der Waals surface area contributed by atoms with Gasteiger partial charge < -0.3 is 76.3 Å². The van der Waals surface area contributed by atoms with E-state index in [9.17, 15) is 43.2 Å². The van der Waals surface area contributed by atoms with E-state index in [4.69, 9.17) is 34.2 Å². The van der Waals surface area contributed by atoms with Gasteiger partial charge in [0.15, 0.2) is 0 Å². The molecule has 1 unspecified atom stereocenters. The minimum atomic E-state index is -1.10. The summed E-state index contributed by atoms with van der Waals surface area (Å²) < 4.78 is 33.8. The number of nitrogens with zero attached hydrogens (tertiary/aromatic N) is 1. The van der Waals surface area contributed by atoms with Crippen LogP contribution < -0.4 is 58.5 Å². The van der Waals surface area contributed by atoms with Gasteiger partial charge in [-0.1, -0.05) is 169 Å². The lowest BCUT2D eigenvalue weighted by Gasteiger charge is -2.56. The maximum Gasteiger partial charge on any atom is 0.411 e. The number of aryl methyl sites for hydroxylation is 2. The van der Waals surface area contributed by atoms with Crippen LogP contribution in [0.2, 0.25) is 0 Å². The Morgan fingerprint density at radius 1 is 0.500 bits per heavy atom. The summed E-state index contributed by atoms with van der Waals surface area (Å²) in [5.41, 5.74) is 16.8. The lowest BCUT2D eigenvalue weighted by atomic mass is 9.49. The molecule has 0 saturated heterocycles. The quantitative estimate of drug-likeness (QED) is 0.00976. The van der Waals surface area contributed by atoms with Gasteiger partial charge in [-0.15, -0.1) is 0 Å². The number of para-hydroxylation sites is 1. The summed E-state index contributed by atoms with van der Waals surface area (Å²) in [6.07, 6.45) is 6.24. The molecular formula is C100H119N11O17. The van der Waals surface area contributed by atoms with Crippen LogP contribution in [0, 0.1) is 40.4 Å². The lowest BCUT2D eigenvalue weighted by molar-refractivity contribution is -0.150. The highest BCUT2D eigenvalue weighted by Gasteiger charge is 2.59. The summed E-state index contributed by atoms with van der Waals surface area (Å²) in [4.78, 5) is 151. The highest BCUT2D eigenvalue weighted by Crippen LogP contribution is 2.60. The molecule has 6 aliphatic rings. The maximum absolute atomic E-state index is 15.1. The van der Waals surface area contributed by atoms with Crippen molar-refractivity contribution in [1.29, 1.82) is 0 Å². The topological polar surface area (TPSA) is 381 Å². The van der Waals surface area contributed by atoms with Gasteiger partial charge in [0.1, 0.15) is 31.8 Å². The molecule has 0 bridgehead atoms.